The van der Waals surface area contributed by atoms with Crippen molar-refractivity contribution < 1.29 is 14.6 Å². The summed E-state index contributed by atoms with van der Waals surface area (Å²) in [4.78, 5) is 0.694. The summed E-state index contributed by atoms with van der Waals surface area (Å²) in [6.07, 6.45) is 3.93. The van der Waals surface area contributed by atoms with Crippen LogP contribution in [0.4, 0.5) is 0 Å². The molecule has 0 fully saturated rings. The number of aliphatic hydroxyl groups excluding tert-OH is 1. The number of allylic oxidation sites excluding steroid dienone is 2. The molecule has 1 rings (SSSR count). The Labute approximate surface area is 96.5 Å². The maximum Gasteiger partial charge on any atom is 0.198 e. The Morgan fingerprint density at radius 2 is 1.87 bits per heavy atom. The van der Waals surface area contributed by atoms with Crippen LogP contribution in [0.5, 0.6) is 0 Å². The van der Waals surface area contributed by atoms with E-state index in [0.29, 0.717) is 22.8 Å². The van der Waals surface area contributed by atoms with Crippen molar-refractivity contribution in [1.29, 1.82) is 0 Å². The summed E-state index contributed by atoms with van der Waals surface area (Å²) in [7, 11) is 3.03. The van der Waals surface area contributed by atoms with Crippen LogP contribution in [0.1, 0.15) is 20.3 Å². The number of rotatable bonds is 2. The molecule has 0 saturated heterocycles. The zero-order valence-corrected chi connectivity index (χ0v) is 10.5. The molecule has 0 aromatic carbocycles. The van der Waals surface area contributed by atoms with E-state index in [9.17, 15) is 5.11 Å². The third kappa shape index (κ3) is 3.91. The summed E-state index contributed by atoms with van der Waals surface area (Å²) < 4.78 is 10.1. The van der Waals surface area contributed by atoms with E-state index >= 15 is 0 Å². The van der Waals surface area contributed by atoms with Gasteiger partial charge in [-0.15, -0.1) is 12.6 Å². The summed E-state index contributed by atoms with van der Waals surface area (Å²) in [5, 5.41) is 9.53. The van der Waals surface area contributed by atoms with Crippen molar-refractivity contribution >= 4 is 12.6 Å². The molecule has 0 atom stereocenters. The van der Waals surface area contributed by atoms with Gasteiger partial charge < -0.3 is 14.6 Å². The quantitative estimate of drug-likeness (QED) is 0.716. The molecule has 0 bridgehead atoms. The Hall–Kier alpha value is -1.03. The Bertz CT molecular complexity index is 290. The molecule has 0 saturated carbocycles. The van der Waals surface area contributed by atoms with Crippen molar-refractivity contribution in [2.75, 3.05) is 14.2 Å². The highest BCUT2D eigenvalue weighted by atomic mass is 32.1. The molecule has 0 spiro atoms. The van der Waals surface area contributed by atoms with E-state index in [1.165, 1.54) is 13.2 Å². The fourth-order valence-corrected chi connectivity index (χ4v) is 1.31. The topological polar surface area (TPSA) is 38.7 Å². The maximum atomic E-state index is 9.53. The van der Waals surface area contributed by atoms with E-state index in [1.807, 2.05) is 19.9 Å². The highest BCUT2D eigenvalue weighted by molar-refractivity contribution is 7.84. The Balaban J connectivity index is 0.000000921. The summed E-state index contributed by atoms with van der Waals surface area (Å²) in [5.74, 6) is 1.00. The molecule has 1 aliphatic carbocycles. The van der Waals surface area contributed by atoms with Gasteiger partial charge in [0.25, 0.3) is 0 Å². The largest absolute Gasteiger partial charge is 0.504 e. The third-order valence-corrected chi connectivity index (χ3v) is 2.03. The molecule has 3 nitrogen and oxygen atoms in total. The van der Waals surface area contributed by atoms with Crippen LogP contribution in [0, 0.1) is 0 Å². The first-order valence-electron chi connectivity index (χ1n) is 4.80. The van der Waals surface area contributed by atoms with Crippen molar-refractivity contribution in [2.45, 2.75) is 20.3 Å². The van der Waals surface area contributed by atoms with Crippen molar-refractivity contribution in [2.24, 2.45) is 0 Å². The van der Waals surface area contributed by atoms with E-state index in [4.69, 9.17) is 9.47 Å². The molecule has 0 radical (unpaired) electrons. The van der Waals surface area contributed by atoms with Crippen LogP contribution in [-0.4, -0.2) is 19.3 Å². The zero-order chi connectivity index (χ0) is 11.8. The highest BCUT2D eigenvalue weighted by Gasteiger charge is 2.14. The van der Waals surface area contributed by atoms with Gasteiger partial charge in [0, 0.05) is 11.3 Å². The van der Waals surface area contributed by atoms with Gasteiger partial charge in [-0.25, -0.2) is 0 Å². The van der Waals surface area contributed by atoms with Gasteiger partial charge in [0.2, 0.25) is 0 Å². The molecule has 15 heavy (non-hydrogen) atoms. The SMILES string of the molecule is CC.COC1=C(OC)C(O)=CC(S)=CC1. The smallest absolute Gasteiger partial charge is 0.198 e. The fraction of sp³-hybridized carbons (Fsp3) is 0.455. The molecular weight excluding hydrogens is 212 g/mol. The Morgan fingerprint density at radius 3 is 2.33 bits per heavy atom. The molecule has 0 aliphatic heterocycles. The van der Waals surface area contributed by atoms with Crippen LogP contribution in [0.2, 0.25) is 0 Å². The first kappa shape index (κ1) is 14.0. The van der Waals surface area contributed by atoms with E-state index in [0.717, 1.165) is 0 Å². The first-order valence-corrected chi connectivity index (χ1v) is 5.25. The molecule has 0 aromatic rings. The van der Waals surface area contributed by atoms with Gasteiger partial charge in [0.05, 0.1) is 14.2 Å². The van der Waals surface area contributed by atoms with Crippen LogP contribution in [0.15, 0.2) is 34.3 Å². The molecule has 86 valence electrons. The van der Waals surface area contributed by atoms with Gasteiger partial charge in [-0.2, -0.15) is 0 Å². The first-order chi connectivity index (χ1) is 7.19. The highest BCUT2D eigenvalue weighted by Crippen LogP contribution is 2.24. The van der Waals surface area contributed by atoms with Crippen LogP contribution in [0.25, 0.3) is 0 Å². The van der Waals surface area contributed by atoms with Crippen LogP contribution in [0.3, 0.4) is 0 Å². The van der Waals surface area contributed by atoms with E-state index in [1.54, 1.807) is 7.11 Å². The molecule has 0 aromatic heterocycles. The lowest BCUT2D eigenvalue weighted by Gasteiger charge is -2.09. The molecule has 0 heterocycles. The minimum absolute atomic E-state index is 0.0399. The van der Waals surface area contributed by atoms with Crippen molar-refractivity contribution in [1.82, 2.24) is 0 Å². The molecule has 0 amide bonds. The number of aliphatic hydroxyl groups is 1. The predicted octanol–water partition coefficient (Wildman–Crippen LogP) is 3.18. The van der Waals surface area contributed by atoms with Crippen LogP contribution >= 0.6 is 12.6 Å². The summed E-state index contributed by atoms with van der Waals surface area (Å²) in [6.45, 7) is 4.00. The number of methoxy groups -OCH3 is 2. The lowest BCUT2D eigenvalue weighted by molar-refractivity contribution is 0.201. The van der Waals surface area contributed by atoms with E-state index in [-0.39, 0.29) is 5.76 Å². The maximum absolute atomic E-state index is 9.53. The minimum Gasteiger partial charge on any atom is -0.504 e. The van der Waals surface area contributed by atoms with Crippen molar-refractivity contribution in [3.05, 3.63) is 34.3 Å². The summed E-state index contributed by atoms with van der Waals surface area (Å²) >= 11 is 4.14. The summed E-state index contributed by atoms with van der Waals surface area (Å²) in [5.41, 5.74) is 0. The van der Waals surface area contributed by atoms with Gasteiger partial charge >= 0.3 is 0 Å². The molecule has 4 heteroatoms. The molecular formula is C11H18O3S. The van der Waals surface area contributed by atoms with Gasteiger partial charge in [-0.05, 0) is 6.08 Å². The fourth-order valence-electron chi connectivity index (χ4n) is 1.09. The van der Waals surface area contributed by atoms with Gasteiger partial charge in [0.1, 0.15) is 5.76 Å². The van der Waals surface area contributed by atoms with Crippen LogP contribution in [-0.2, 0) is 9.47 Å². The molecule has 0 unspecified atom stereocenters. The third-order valence-electron chi connectivity index (χ3n) is 1.72. The predicted molar refractivity (Wildman–Crippen MR) is 64.8 cm³/mol. The molecule has 1 N–H and O–H groups in total. The zero-order valence-electron chi connectivity index (χ0n) is 9.57. The Kier molecular flexibility index (Phi) is 6.79. The monoisotopic (exact) mass is 230 g/mol. The molecule has 1 aliphatic rings. The van der Waals surface area contributed by atoms with Gasteiger partial charge in [0.15, 0.2) is 11.5 Å². The lowest BCUT2D eigenvalue weighted by atomic mass is 10.3. The average Bonchev–Trinajstić information content (AvgIpc) is 2.39. The number of hydrogen-bond acceptors (Lipinski definition) is 4. The van der Waals surface area contributed by atoms with Crippen LogP contribution < -0.4 is 0 Å². The lowest BCUT2D eigenvalue weighted by Crippen LogP contribution is -1.98. The van der Waals surface area contributed by atoms with Crippen molar-refractivity contribution in [3.8, 4) is 0 Å². The normalized spacial score (nSPS) is 15.5. The number of hydrogen-bond donors (Lipinski definition) is 2. The summed E-state index contributed by atoms with van der Waals surface area (Å²) in [6, 6.07) is 0. The Morgan fingerprint density at radius 1 is 1.27 bits per heavy atom. The van der Waals surface area contributed by atoms with Gasteiger partial charge in [-0.1, -0.05) is 19.9 Å². The van der Waals surface area contributed by atoms with Crippen molar-refractivity contribution in [3.63, 3.8) is 0 Å². The number of ether oxygens (including phenoxy) is 2. The second kappa shape index (κ2) is 7.29. The minimum atomic E-state index is 0.0399. The average molecular weight is 230 g/mol. The van der Waals surface area contributed by atoms with E-state index < -0.39 is 0 Å². The van der Waals surface area contributed by atoms with E-state index in [2.05, 4.69) is 12.6 Å². The number of thiol groups is 1. The standard InChI is InChI=1S/C9H12O3S.C2H6/c1-11-8-4-3-6(13)5-7(10)9(8)12-2;1-2/h3,5,10,13H,4H2,1-2H3;1-2H3. The second-order valence-corrected chi connectivity index (χ2v) is 3.04. The van der Waals surface area contributed by atoms with Gasteiger partial charge in [-0.3, -0.25) is 0 Å². The second-order valence-electron chi connectivity index (χ2n) is 2.52.